The van der Waals surface area contributed by atoms with Crippen molar-refractivity contribution in [3.63, 3.8) is 0 Å². The van der Waals surface area contributed by atoms with E-state index in [1.54, 1.807) is 5.57 Å². The predicted molar refractivity (Wildman–Crippen MR) is 53.8 cm³/mol. The molecule has 1 saturated carbocycles. The van der Waals surface area contributed by atoms with Crippen LogP contribution in [0.4, 0.5) is 0 Å². The van der Waals surface area contributed by atoms with Gasteiger partial charge in [0, 0.05) is 0 Å². The third kappa shape index (κ3) is 2.00. The Bertz CT molecular complexity index is 268. The zero-order valence-electron chi connectivity index (χ0n) is 6.99. The van der Waals surface area contributed by atoms with Crippen LogP contribution in [0.2, 0.25) is 0 Å². The molecule has 2 rings (SSSR count). The average molecular weight is 223 g/mol. The summed E-state index contributed by atoms with van der Waals surface area (Å²) in [6.07, 6.45) is 4.12. The molecule has 1 aliphatic rings. The summed E-state index contributed by atoms with van der Waals surface area (Å²) in [5.74, 6) is 0. The molecule has 1 fully saturated rings. The first-order valence-electron chi connectivity index (χ1n) is 4.35. The van der Waals surface area contributed by atoms with Crippen LogP contribution in [0.1, 0.15) is 19.3 Å². The topological polar surface area (TPSA) is 0 Å². The van der Waals surface area contributed by atoms with E-state index in [0.717, 1.165) is 0 Å². The van der Waals surface area contributed by atoms with Gasteiger partial charge in [0.25, 0.3) is 0 Å². The Hall–Kier alpha value is -0.521. The first kappa shape index (κ1) is 8.09. The van der Waals surface area contributed by atoms with E-state index in [-0.39, 0.29) is 0 Å². The second-order valence-corrected chi connectivity index (χ2v) is 5.04. The molecule has 0 atom stereocenters. The van der Waals surface area contributed by atoms with Crippen molar-refractivity contribution in [2.75, 3.05) is 0 Å². The van der Waals surface area contributed by atoms with Gasteiger partial charge >= 0.3 is 79.6 Å². The zero-order chi connectivity index (χ0) is 8.23. The summed E-state index contributed by atoms with van der Waals surface area (Å²) in [4.78, 5) is 2.45. The molecule has 0 unspecified atom stereocenters. The third-order valence-corrected chi connectivity index (χ3v) is 4.19. The van der Waals surface area contributed by atoms with E-state index in [1.165, 1.54) is 23.7 Å². The van der Waals surface area contributed by atoms with Crippen molar-refractivity contribution in [2.45, 2.75) is 19.3 Å². The third-order valence-electron chi connectivity index (χ3n) is 2.10. The molecule has 0 N–H and O–H groups in total. The first-order chi connectivity index (χ1) is 5.95. The maximum atomic E-state index is 2.45. The van der Waals surface area contributed by atoms with Gasteiger partial charge in [-0.15, -0.1) is 0 Å². The molecule has 1 aliphatic carbocycles. The summed E-state index contributed by atoms with van der Waals surface area (Å²) < 4.78 is 1.49. The van der Waals surface area contributed by atoms with Crippen LogP contribution in [0.15, 0.2) is 40.9 Å². The maximum absolute atomic E-state index is 2.45. The molecule has 0 nitrogen and oxygen atoms in total. The second kappa shape index (κ2) is 3.93. The summed E-state index contributed by atoms with van der Waals surface area (Å²) in [5, 5.41) is 0. The van der Waals surface area contributed by atoms with Crippen molar-refractivity contribution >= 4 is 19.4 Å². The van der Waals surface area contributed by atoms with Gasteiger partial charge in [0.1, 0.15) is 0 Å². The Balaban J connectivity index is 1.95. The summed E-state index contributed by atoms with van der Waals surface area (Å²) in [5.41, 5.74) is 1.68. The quantitative estimate of drug-likeness (QED) is 0.673. The van der Waals surface area contributed by atoms with Gasteiger partial charge in [-0.3, -0.25) is 0 Å². The fourth-order valence-electron chi connectivity index (χ4n) is 1.15. The molecule has 0 aliphatic heterocycles. The Morgan fingerprint density at radius 3 is 2.42 bits per heavy atom. The summed E-state index contributed by atoms with van der Waals surface area (Å²) in [6.45, 7) is 0. The second-order valence-electron chi connectivity index (χ2n) is 3.06. The monoisotopic (exact) mass is 224 g/mol. The molecule has 1 heteroatoms. The van der Waals surface area contributed by atoms with Gasteiger partial charge in [-0.25, -0.2) is 0 Å². The minimum atomic E-state index is 0.580. The van der Waals surface area contributed by atoms with Gasteiger partial charge in [-0.1, -0.05) is 0 Å². The van der Waals surface area contributed by atoms with E-state index in [0.29, 0.717) is 15.0 Å². The van der Waals surface area contributed by atoms with Crippen LogP contribution < -0.4 is 4.46 Å². The summed E-state index contributed by atoms with van der Waals surface area (Å²) in [6, 6.07) is 10.8. The molecule has 0 heterocycles. The standard InChI is InChI=1S/C11H12Se/c1-2-7-11(8-3-1)12-9-10-5-4-6-10/h1-3,7-9H,4-6H2. The molecule has 62 valence electrons. The normalized spacial score (nSPS) is 15.5. The average Bonchev–Trinajstić information content (AvgIpc) is 2.04. The molecule has 0 radical (unpaired) electrons. The molecule has 12 heavy (non-hydrogen) atoms. The van der Waals surface area contributed by atoms with Crippen LogP contribution in [0.25, 0.3) is 0 Å². The van der Waals surface area contributed by atoms with E-state index in [1.807, 2.05) is 0 Å². The fraction of sp³-hybridized carbons (Fsp3) is 0.273. The molecule has 1 aromatic carbocycles. The molecule has 0 spiro atoms. The molecule has 0 saturated heterocycles. The number of allylic oxidation sites excluding steroid dienone is 1. The first-order valence-corrected chi connectivity index (χ1v) is 6.19. The van der Waals surface area contributed by atoms with Gasteiger partial charge in [-0.05, 0) is 0 Å². The summed E-state index contributed by atoms with van der Waals surface area (Å²) >= 11 is 0.580. The van der Waals surface area contributed by atoms with Crippen molar-refractivity contribution in [3.05, 3.63) is 40.9 Å². The minimum absolute atomic E-state index is 0.580. The van der Waals surface area contributed by atoms with Crippen molar-refractivity contribution in [3.8, 4) is 0 Å². The van der Waals surface area contributed by atoms with E-state index >= 15 is 0 Å². The van der Waals surface area contributed by atoms with Crippen molar-refractivity contribution in [1.29, 1.82) is 0 Å². The fourth-order valence-corrected chi connectivity index (χ4v) is 2.94. The van der Waals surface area contributed by atoms with Crippen LogP contribution >= 0.6 is 0 Å². The van der Waals surface area contributed by atoms with E-state index in [2.05, 4.69) is 35.3 Å². The number of hydrogen-bond acceptors (Lipinski definition) is 0. The van der Waals surface area contributed by atoms with Gasteiger partial charge in [0.2, 0.25) is 0 Å². The predicted octanol–water partition coefficient (Wildman–Crippen LogP) is 2.08. The van der Waals surface area contributed by atoms with Gasteiger partial charge in [0.15, 0.2) is 0 Å². The Morgan fingerprint density at radius 2 is 1.83 bits per heavy atom. The SMILES string of the molecule is C([Se]c1ccccc1)=C1CCC1. The molecular weight excluding hydrogens is 211 g/mol. The molecule has 0 aromatic heterocycles. The molecule has 1 aromatic rings. The van der Waals surface area contributed by atoms with Crippen LogP contribution in [-0.2, 0) is 0 Å². The Morgan fingerprint density at radius 1 is 1.08 bits per heavy atom. The van der Waals surface area contributed by atoms with Gasteiger partial charge in [0.05, 0.1) is 0 Å². The van der Waals surface area contributed by atoms with E-state index < -0.39 is 0 Å². The Kier molecular flexibility index (Phi) is 2.65. The van der Waals surface area contributed by atoms with E-state index in [4.69, 9.17) is 0 Å². The molecule has 0 bridgehead atoms. The van der Waals surface area contributed by atoms with Crippen LogP contribution in [-0.4, -0.2) is 15.0 Å². The van der Waals surface area contributed by atoms with Crippen molar-refractivity contribution in [2.24, 2.45) is 0 Å². The Labute approximate surface area is 79.8 Å². The van der Waals surface area contributed by atoms with E-state index in [9.17, 15) is 0 Å². The van der Waals surface area contributed by atoms with Crippen LogP contribution in [0, 0.1) is 0 Å². The molecule has 0 amide bonds. The van der Waals surface area contributed by atoms with Crippen molar-refractivity contribution in [1.82, 2.24) is 0 Å². The zero-order valence-corrected chi connectivity index (χ0v) is 8.71. The van der Waals surface area contributed by atoms with Crippen LogP contribution in [0.3, 0.4) is 0 Å². The summed E-state index contributed by atoms with van der Waals surface area (Å²) in [7, 11) is 0. The van der Waals surface area contributed by atoms with Gasteiger partial charge < -0.3 is 0 Å². The van der Waals surface area contributed by atoms with Crippen LogP contribution in [0.5, 0.6) is 0 Å². The molecular formula is C11H12Se. The number of hydrogen-bond donors (Lipinski definition) is 0. The number of rotatable bonds is 2. The van der Waals surface area contributed by atoms with Gasteiger partial charge in [-0.2, -0.15) is 0 Å². The van der Waals surface area contributed by atoms with Crippen molar-refractivity contribution < 1.29 is 0 Å². The number of benzene rings is 1.